The number of nitrogens with zero attached hydrogens (tertiary/aromatic N) is 2. The topological polar surface area (TPSA) is 37.8 Å². The van der Waals surface area contributed by atoms with Gasteiger partial charge in [0, 0.05) is 0 Å². The lowest BCUT2D eigenvalue weighted by molar-refractivity contribution is 0.613. The van der Waals surface area contributed by atoms with Crippen LogP contribution in [0.5, 0.6) is 0 Å². The fourth-order valence-electron chi connectivity index (χ4n) is 1.42. The predicted octanol–water partition coefficient (Wildman–Crippen LogP) is 2.93. The lowest BCUT2D eigenvalue weighted by atomic mass is 10.1. The zero-order chi connectivity index (χ0) is 12.3. The molecule has 17 heavy (non-hydrogen) atoms. The van der Waals surface area contributed by atoms with E-state index in [9.17, 15) is 8.78 Å². The van der Waals surface area contributed by atoms with Crippen LogP contribution < -0.4 is 5.32 Å². The van der Waals surface area contributed by atoms with Gasteiger partial charge in [0.25, 0.3) is 0 Å². The average molecular weight is 235 g/mol. The van der Waals surface area contributed by atoms with E-state index >= 15 is 0 Å². The first-order valence-electron chi connectivity index (χ1n) is 5.14. The van der Waals surface area contributed by atoms with Gasteiger partial charge in [-0.25, -0.2) is 18.7 Å². The van der Waals surface area contributed by atoms with Gasteiger partial charge < -0.3 is 5.32 Å². The molecule has 0 saturated heterocycles. The molecule has 0 saturated carbocycles. The van der Waals surface area contributed by atoms with E-state index in [1.165, 1.54) is 12.1 Å². The van der Waals surface area contributed by atoms with Crippen LogP contribution in [0.15, 0.2) is 36.7 Å². The summed E-state index contributed by atoms with van der Waals surface area (Å²) in [5.41, 5.74) is 0.902. The van der Waals surface area contributed by atoms with Gasteiger partial charge in [0.2, 0.25) is 5.95 Å². The number of nitrogens with one attached hydrogen (secondary N) is 1. The number of benzene rings is 1. The Labute approximate surface area is 97.5 Å². The van der Waals surface area contributed by atoms with Crippen LogP contribution in [0.2, 0.25) is 0 Å². The Hall–Kier alpha value is -2.04. The summed E-state index contributed by atoms with van der Waals surface area (Å²) in [6, 6.07) is 6.05. The minimum atomic E-state index is -0.481. The van der Waals surface area contributed by atoms with Crippen LogP contribution in [0.1, 0.15) is 18.5 Å². The van der Waals surface area contributed by atoms with E-state index in [4.69, 9.17) is 0 Å². The SMILES string of the molecule is CC(Nc1ncc(F)cn1)c1ccc(F)cc1. The summed E-state index contributed by atoms with van der Waals surface area (Å²) >= 11 is 0. The Morgan fingerprint density at radius 2 is 1.59 bits per heavy atom. The first-order chi connectivity index (χ1) is 8.15. The van der Waals surface area contributed by atoms with E-state index in [2.05, 4.69) is 15.3 Å². The third-order valence-electron chi connectivity index (χ3n) is 2.34. The highest BCUT2D eigenvalue weighted by Crippen LogP contribution is 2.16. The van der Waals surface area contributed by atoms with Crippen molar-refractivity contribution < 1.29 is 8.78 Å². The Morgan fingerprint density at radius 3 is 2.18 bits per heavy atom. The summed E-state index contributed by atoms with van der Waals surface area (Å²) in [6.07, 6.45) is 2.18. The Kier molecular flexibility index (Phi) is 3.27. The largest absolute Gasteiger partial charge is 0.348 e. The van der Waals surface area contributed by atoms with E-state index < -0.39 is 5.82 Å². The molecule has 1 heterocycles. The normalized spacial score (nSPS) is 12.2. The Morgan fingerprint density at radius 1 is 1.00 bits per heavy atom. The molecule has 0 aliphatic rings. The van der Waals surface area contributed by atoms with Crippen LogP contribution >= 0.6 is 0 Å². The molecular formula is C12H11F2N3. The molecule has 1 aromatic carbocycles. The van der Waals surface area contributed by atoms with Gasteiger partial charge in [-0.05, 0) is 24.6 Å². The molecule has 0 aliphatic carbocycles. The lowest BCUT2D eigenvalue weighted by Crippen LogP contribution is -2.09. The minimum Gasteiger partial charge on any atom is -0.348 e. The molecular weight excluding hydrogens is 224 g/mol. The van der Waals surface area contributed by atoms with Gasteiger partial charge in [-0.2, -0.15) is 0 Å². The highest BCUT2D eigenvalue weighted by Gasteiger charge is 2.06. The van der Waals surface area contributed by atoms with Crippen molar-refractivity contribution in [1.29, 1.82) is 0 Å². The van der Waals surface area contributed by atoms with Crippen LogP contribution in [0, 0.1) is 11.6 Å². The highest BCUT2D eigenvalue weighted by atomic mass is 19.1. The molecule has 1 N–H and O–H groups in total. The minimum absolute atomic E-state index is 0.0824. The summed E-state index contributed by atoms with van der Waals surface area (Å²) in [5.74, 6) is -0.424. The molecule has 0 fully saturated rings. The van der Waals surface area contributed by atoms with Crippen molar-refractivity contribution >= 4 is 5.95 Å². The zero-order valence-electron chi connectivity index (χ0n) is 9.19. The summed E-state index contributed by atoms with van der Waals surface area (Å²) < 4.78 is 25.3. The van der Waals surface area contributed by atoms with Gasteiger partial charge in [-0.15, -0.1) is 0 Å². The van der Waals surface area contributed by atoms with Crippen molar-refractivity contribution in [3.05, 3.63) is 53.9 Å². The standard InChI is InChI=1S/C12H11F2N3/c1-8(9-2-4-10(13)5-3-9)17-12-15-6-11(14)7-16-12/h2-8H,1H3,(H,15,16,17). The van der Waals surface area contributed by atoms with Gasteiger partial charge >= 0.3 is 0 Å². The molecule has 88 valence electrons. The van der Waals surface area contributed by atoms with Gasteiger partial charge in [0.1, 0.15) is 5.82 Å². The molecule has 2 aromatic rings. The zero-order valence-corrected chi connectivity index (χ0v) is 9.19. The van der Waals surface area contributed by atoms with Crippen LogP contribution in [-0.2, 0) is 0 Å². The molecule has 0 amide bonds. The van der Waals surface area contributed by atoms with Crippen molar-refractivity contribution in [2.75, 3.05) is 5.32 Å². The Bertz CT molecular complexity index is 482. The number of anilines is 1. The van der Waals surface area contributed by atoms with Crippen LogP contribution in [0.4, 0.5) is 14.7 Å². The third kappa shape index (κ3) is 2.96. The summed E-state index contributed by atoms with van der Waals surface area (Å²) in [6.45, 7) is 1.89. The molecule has 5 heteroatoms. The van der Waals surface area contributed by atoms with Gasteiger partial charge in [-0.1, -0.05) is 12.1 Å². The van der Waals surface area contributed by atoms with E-state index in [0.717, 1.165) is 18.0 Å². The molecule has 0 spiro atoms. The molecule has 3 nitrogen and oxygen atoms in total. The van der Waals surface area contributed by atoms with E-state index in [0.29, 0.717) is 5.95 Å². The number of aromatic nitrogens is 2. The maximum Gasteiger partial charge on any atom is 0.223 e. The summed E-state index contributed by atoms with van der Waals surface area (Å²) in [4.78, 5) is 7.58. The molecule has 1 aromatic heterocycles. The first-order valence-corrected chi connectivity index (χ1v) is 5.14. The van der Waals surface area contributed by atoms with E-state index in [1.54, 1.807) is 12.1 Å². The predicted molar refractivity (Wildman–Crippen MR) is 60.4 cm³/mol. The molecule has 0 radical (unpaired) electrons. The van der Waals surface area contributed by atoms with Gasteiger partial charge in [0.05, 0.1) is 18.4 Å². The quantitative estimate of drug-likeness (QED) is 0.888. The van der Waals surface area contributed by atoms with Gasteiger partial charge in [-0.3, -0.25) is 0 Å². The lowest BCUT2D eigenvalue weighted by Gasteiger charge is -2.13. The fraction of sp³-hybridized carbons (Fsp3) is 0.167. The van der Waals surface area contributed by atoms with Crippen molar-refractivity contribution in [3.63, 3.8) is 0 Å². The second kappa shape index (κ2) is 4.86. The Balaban J connectivity index is 2.08. The second-order valence-corrected chi connectivity index (χ2v) is 3.64. The molecule has 0 aliphatic heterocycles. The molecule has 2 rings (SSSR count). The second-order valence-electron chi connectivity index (χ2n) is 3.64. The smallest absolute Gasteiger partial charge is 0.223 e. The van der Waals surface area contributed by atoms with Crippen molar-refractivity contribution in [1.82, 2.24) is 9.97 Å². The average Bonchev–Trinajstić information content (AvgIpc) is 2.33. The summed E-state index contributed by atoms with van der Waals surface area (Å²) in [7, 11) is 0. The highest BCUT2D eigenvalue weighted by molar-refractivity contribution is 5.30. The fourth-order valence-corrected chi connectivity index (χ4v) is 1.42. The number of halogens is 2. The monoisotopic (exact) mass is 235 g/mol. The third-order valence-corrected chi connectivity index (χ3v) is 2.34. The van der Waals surface area contributed by atoms with E-state index in [1.807, 2.05) is 6.92 Å². The number of hydrogen-bond donors (Lipinski definition) is 1. The summed E-state index contributed by atoms with van der Waals surface area (Å²) in [5, 5.41) is 2.99. The maximum atomic E-state index is 12.7. The van der Waals surface area contributed by atoms with Crippen LogP contribution in [0.25, 0.3) is 0 Å². The van der Waals surface area contributed by atoms with E-state index in [-0.39, 0.29) is 11.9 Å². The molecule has 1 atom stereocenters. The maximum absolute atomic E-state index is 12.7. The van der Waals surface area contributed by atoms with Crippen LogP contribution in [0.3, 0.4) is 0 Å². The first kappa shape index (κ1) is 11.4. The van der Waals surface area contributed by atoms with Crippen molar-refractivity contribution in [3.8, 4) is 0 Å². The van der Waals surface area contributed by atoms with Crippen molar-refractivity contribution in [2.24, 2.45) is 0 Å². The van der Waals surface area contributed by atoms with Gasteiger partial charge in [0.15, 0.2) is 5.82 Å². The molecule has 1 unspecified atom stereocenters. The number of rotatable bonds is 3. The molecule has 0 bridgehead atoms. The number of hydrogen-bond acceptors (Lipinski definition) is 3. The van der Waals surface area contributed by atoms with Crippen molar-refractivity contribution in [2.45, 2.75) is 13.0 Å². The van der Waals surface area contributed by atoms with Crippen LogP contribution in [-0.4, -0.2) is 9.97 Å².